The van der Waals surface area contributed by atoms with Gasteiger partial charge in [0.15, 0.2) is 5.65 Å². The molecule has 1 N–H and O–H groups in total. The van der Waals surface area contributed by atoms with Crippen LogP contribution in [0.15, 0.2) is 41.6 Å². The summed E-state index contributed by atoms with van der Waals surface area (Å²) in [5.74, 6) is -4.32. The second-order valence-corrected chi connectivity index (χ2v) is 12.7. The molecule has 0 amide bonds. The Hall–Kier alpha value is -4.18. The van der Waals surface area contributed by atoms with E-state index in [0.29, 0.717) is 29.7 Å². The van der Waals surface area contributed by atoms with Crippen molar-refractivity contribution in [1.29, 1.82) is 0 Å². The van der Waals surface area contributed by atoms with Crippen LogP contribution in [-0.4, -0.2) is 60.5 Å². The number of aryl methyl sites for hydroxylation is 2. The maximum absolute atomic E-state index is 14.1. The van der Waals surface area contributed by atoms with Crippen molar-refractivity contribution in [3.05, 3.63) is 76.4 Å². The molecule has 5 heterocycles. The Morgan fingerprint density at radius 1 is 1.19 bits per heavy atom. The average molecular weight is 621 g/mol. The second kappa shape index (κ2) is 9.94. The summed E-state index contributed by atoms with van der Waals surface area (Å²) in [6, 6.07) is 5.50. The molecule has 1 saturated carbocycles. The highest BCUT2D eigenvalue weighted by molar-refractivity contribution is 7.89. The monoisotopic (exact) mass is 620 g/mol. The van der Waals surface area contributed by atoms with Gasteiger partial charge in [-0.05, 0) is 55.5 Å². The lowest BCUT2D eigenvalue weighted by atomic mass is 9.89. The summed E-state index contributed by atoms with van der Waals surface area (Å²) in [6.45, 7) is 2.99. The van der Waals surface area contributed by atoms with Crippen LogP contribution < -0.4 is 4.74 Å². The number of ether oxygens (including phenoxy) is 1. The molecule has 1 spiro atoms. The van der Waals surface area contributed by atoms with Gasteiger partial charge < -0.3 is 9.84 Å². The molecule has 4 aromatic rings. The van der Waals surface area contributed by atoms with Gasteiger partial charge in [-0.25, -0.2) is 17.8 Å². The van der Waals surface area contributed by atoms with Gasteiger partial charge in [-0.3, -0.25) is 14.2 Å². The summed E-state index contributed by atoms with van der Waals surface area (Å²) in [5.41, 5.74) is 0.971. The van der Waals surface area contributed by atoms with E-state index in [1.807, 2.05) is 0 Å². The van der Waals surface area contributed by atoms with Gasteiger partial charge in [0.25, 0.3) is 0 Å². The van der Waals surface area contributed by atoms with Gasteiger partial charge in [-0.1, -0.05) is 6.07 Å². The highest BCUT2D eigenvalue weighted by Gasteiger charge is 2.52. The number of rotatable bonds is 6. The van der Waals surface area contributed by atoms with Crippen LogP contribution in [0.4, 0.5) is 17.6 Å². The molecule has 4 aromatic heterocycles. The van der Waals surface area contributed by atoms with Crippen LogP contribution in [0.2, 0.25) is 0 Å². The van der Waals surface area contributed by atoms with E-state index in [1.54, 1.807) is 19.1 Å². The van der Waals surface area contributed by atoms with E-state index in [0.717, 1.165) is 27.2 Å². The summed E-state index contributed by atoms with van der Waals surface area (Å²) in [5, 5.41) is 16.7. The van der Waals surface area contributed by atoms with Gasteiger partial charge in [0.1, 0.15) is 16.3 Å². The van der Waals surface area contributed by atoms with E-state index in [2.05, 4.69) is 20.2 Å². The Kier molecular flexibility index (Phi) is 6.68. The van der Waals surface area contributed by atoms with Gasteiger partial charge in [0.2, 0.25) is 21.7 Å². The number of aromatic nitrogens is 5. The minimum absolute atomic E-state index is 0.0264. The number of pyridine rings is 3. The van der Waals surface area contributed by atoms with Crippen molar-refractivity contribution < 1.29 is 40.6 Å². The van der Waals surface area contributed by atoms with Gasteiger partial charge in [-0.2, -0.15) is 17.5 Å². The molecule has 2 aliphatic rings. The van der Waals surface area contributed by atoms with Gasteiger partial charge >= 0.3 is 12.1 Å². The molecule has 1 aliphatic carbocycles. The molecule has 11 nitrogen and oxygen atoms in total. The van der Waals surface area contributed by atoms with Gasteiger partial charge in [-0.15, -0.1) is 10.2 Å². The van der Waals surface area contributed by atoms with Crippen molar-refractivity contribution in [2.24, 2.45) is 0 Å². The predicted octanol–water partition coefficient (Wildman–Crippen LogP) is 4.02. The van der Waals surface area contributed by atoms with Crippen LogP contribution >= 0.6 is 0 Å². The molecule has 0 bridgehead atoms. The molecule has 1 fully saturated rings. The second-order valence-electron chi connectivity index (χ2n) is 10.8. The Labute approximate surface area is 242 Å². The summed E-state index contributed by atoms with van der Waals surface area (Å²) in [4.78, 5) is 20.1. The summed E-state index contributed by atoms with van der Waals surface area (Å²) in [7, 11) is -4.27. The number of hydrogen-bond donors (Lipinski definition) is 1. The van der Waals surface area contributed by atoms with E-state index in [4.69, 9.17) is 4.74 Å². The zero-order chi connectivity index (χ0) is 30.9. The molecular weight excluding hydrogens is 596 g/mol. The fraction of sp³-hybridized carbons (Fsp3) is 0.370. The fourth-order valence-electron chi connectivity index (χ4n) is 5.32. The predicted molar refractivity (Wildman–Crippen MR) is 140 cm³/mol. The topological polar surface area (TPSA) is 140 Å². The van der Waals surface area contributed by atoms with Crippen LogP contribution in [0, 0.1) is 19.7 Å². The lowest BCUT2D eigenvalue weighted by Gasteiger charge is -2.24. The van der Waals surface area contributed by atoms with Crippen molar-refractivity contribution in [1.82, 2.24) is 28.9 Å². The zero-order valence-corrected chi connectivity index (χ0v) is 23.6. The van der Waals surface area contributed by atoms with Crippen molar-refractivity contribution in [2.75, 3.05) is 6.54 Å². The number of sulfonamides is 1. The maximum atomic E-state index is 14.1. The summed E-state index contributed by atoms with van der Waals surface area (Å²) >= 11 is 0. The smallest absolute Gasteiger partial charge is 0.452 e. The molecule has 43 heavy (non-hydrogen) atoms. The van der Waals surface area contributed by atoms with Crippen molar-refractivity contribution >= 4 is 21.6 Å². The molecule has 0 saturated heterocycles. The Balaban J connectivity index is 1.40. The fourth-order valence-corrected chi connectivity index (χ4v) is 6.87. The van der Waals surface area contributed by atoms with Crippen LogP contribution in [0.1, 0.15) is 59.1 Å². The zero-order valence-electron chi connectivity index (χ0n) is 22.8. The summed E-state index contributed by atoms with van der Waals surface area (Å²) < 4.78 is 89.5. The Morgan fingerprint density at radius 3 is 2.60 bits per heavy atom. The van der Waals surface area contributed by atoms with E-state index in [1.165, 1.54) is 13.0 Å². The van der Waals surface area contributed by atoms with Crippen LogP contribution in [0.3, 0.4) is 0 Å². The Morgan fingerprint density at radius 2 is 1.93 bits per heavy atom. The molecule has 226 valence electrons. The van der Waals surface area contributed by atoms with E-state index in [9.17, 15) is 35.9 Å². The van der Waals surface area contributed by atoms with E-state index < -0.39 is 56.6 Å². The minimum Gasteiger partial charge on any atom is -0.481 e. The maximum Gasteiger partial charge on any atom is 0.452 e. The first-order valence-electron chi connectivity index (χ1n) is 13.1. The largest absolute Gasteiger partial charge is 0.481 e. The first-order valence-corrected chi connectivity index (χ1v) is 14.6. The number of halogens is 4. The van der Waals surface area contributed by atoms with Crippen LogP contribution in [0.25, 0.3) is 5.65 Å². The highest BCUT2D eigenvalue weighted by Crippen LogP contribution is 2.46. The van der Waals surface area contributed by atoms with Crippen LogP contribution in [-0.2, 0) is 27.5 Å². The van der Waals surface area contributed by atoms with Crippen molar-refractivity contribution in [3.63, 3.8) is 0 Å². The number of carboxylic acids is 1. The Bertz CT molecular complexity index is 1890. The molecule has 1 atom stereocenters. The van der Waals surface area contributed by atoms with E-state index >= 15 is 0 Å². The van der Waals surface area contributed by atoms with Gasteiger partial charge in [0, 0.05) is 23.9 Å². The quantitative estimate of drug-likeness (QED) is 0.317. The summed E-state index contributed by atoms with van der Waals surface area (Å²) in [6.07, 6.45) is -2.03. The van der Waals surface area contributed by atoms with Gasteiger partial charge in [0.05, 0.1) is 31.4 Å². The number of carbonyl (C=O) groups is 1. The van der Waals surface area contributed by atoms with E-state index in [-0.39, 0.29) is 35.9 Å². The first kappa shape index (κ1) is 28.9. The standard InChI is InChI=1S/C27H24F4N6O5S/c1-14-3-4-19(18(10-22(38)39)17-5-8-37-23(15(17)2)34-35-25(37)27(29,30)31)33-20(14)12-36-13-26(6-7-26)42-24-21(43(36,40)41)9-16(28)11-32-24/h3-5,8-9,11,18H,6-7,10,12-13H2,1-2H3,(H,38,39). The molecular formula is C27H24F4N6O5S. The third-order valence-corrected chi connectivity index (χ3v) is 9.56. The molecule has 0 radical (unpaired) electrons. The third-order valence-electron chi connectivity index (χ3n) is 7.77. The lowest BCUT2D eigenvalue weighted by molar-refractivity contribution is -0.145. The number of hydrogen-bond acceptors (Lipinski definition) is 8. The first-order chi connectivity index (χ1) is 20.2. The molecule has 1 unspecified atom stereocenters. The highest BCUT2D eigenvalue weighted by atomic mass is 32.2. The normalized spacial score (nSPS) is 18.2. The molecule has 1 aliphatic heterocycles. The number of nitrogens with zero attached hydrogens (tertiary/aromatic N) is 6. The molecule has 6 rings (SSSR count). The van der Waals surface area contributed by atoms with Crippen LogP contribution in [0.5, 0.6) is 5.88 Å². The van der Waals surface area contributed by atoms with Crippen molar-refractivity contribution in [2.45, 2.75) is 62.2 Å². The average Bonchev–Trinajstić information content (AvgIpc) is 3.54. The SMILES string of the molecule is Cc1ccc(C(CC(=O)O)c2ccn3c(C(F)(F)F)nnc3c2C)nc1CN1CC2(CC2)Oc2ncc(F)cc2S1(=O)=O. The third kappa shape index (κ3) is 5.18. The number of alkyl halides is 3. The molecule has 16 heteroatoms. The lowest BCUT2D eigenvalue weighted by Crippen LogP contribution is -2.38. The minimum atomic E-state index is -4.75. The number of carboxylic acid groups (broad SMARTS) is 1. The number of aliphatic carboxylic acids is 1. The number of fused-ring (bicyclic) bond motifs is 2. The van der Waals surface area contributed by atoms with Crippen molar-refractivity contribution in [3.8, 4) is 5.88 Å². The molecule has 0 aromatic carbocycles.